The minimum atomic E-state index is 0.331. The molecule has 1 aliphatic carbocycles. The van der Waals surface area contributed by atoms with Crippen LogP contribution in [0.4, 0.5) is 5.82 Å². The average Bonchev–Trinajstić information content (AvgIpc) is 3.23. The van der Waals surface area contributed by atoms with Gasteiger partial charge in [0.25, 0.3) is 0 Å². The van der Waals surface area contributed by atoms with Crippen LogP contribution in [0.25, 0.3) is 10.2 Å². The topological polar surface area (TPSA) is 51.5 Å². The number of ether oxygens (including phenoxy) is 1. The highest BCUT2D eigenvalue weighted by atomic mass is 32.1. The molecule has 1 aliphatic rings. The predicted molar refractivity (Wildman–Crippen MR) is 106 cm³/mol. The number of likely N-dealkylation sites (N-methyl/N-ethyl adjacent to an activating group) is 1. The summed E-state index contributed by atoms with van der Waals surface area (Å²) in [5.74, 6) is 1.87. The quantitative estimate of drug-likeness (QED) is 0.701. The molecule has 1 aromatic carbocycles. The first-order valence-corrected chi connectivity index (χ1v) is 9.92. The molecule has 0 radical (unpaired) electrons. The number of aryl methyl sites for hydroxylation is 2. The zero-order valence-corrected chi connectivity index (χ0v) is 16.3. The van der Waals surface area contributed by atoms with E-state index in [1.165, 1.54) is 39.1 Å². The van der Waals surface area contributed by atoms with Crippen LogP contribution < -0.4 is 15.0 Å². The van der Waals surface area contributed by atoms with Crippen LogP contribution in [0, 0.1) is 0 Å². The standard InChI is InChI=1S/C20H24N4OS/c1-24(2)16(13-7-9-14(25-3)10-8-13)11-21-19-18-15-5-4-6-17(15)26-20(18)23-12-22-19/h7-10,12,16H,4-6,11H2,1-3H3,(H,21,22,23)/p+1/t16-/m1/s1. The van der Waals surface area contributed by atoms with Crippen molar-refractivity contribution in [2.75, 3.05) is 33.1 Å². The summed E-state index contributed by atoms with van der Waals surface area (Å²) < 4.78 is 5.28. The van der Waals surface area contributed by atoms with Gasteiger partial charge in [0, 0.05) is 10.4 Å². The molecule has 26 heavy (non-hydrogen) atoms. The maximum Gasteiger partial charge on any atom is 0.138 e. The molecule has 0 fully saturated rings. The van der Waals surface area contributed by atoms with Crippen molar-refractivity contribution in [3.63, 3.8) is 0 Å². The Morgan fingerprint density at radius 2 is 2.00 bits per heavy atom. The van der Waals surface area contributed by atoms with Gasteiger partial charge in [-0.3, -0.25) is 0 Å². The van der Waals surface area contributed by atoms with Gasteiger partial charge in [-0.15, -0.1) is 11.3 Å². The zero-order valence-electron chi connectivity index (χ0n) is 15.5. The molecule has 0 aliphatic heterocycles. The van der Waals surface area contributed by atoms with E-state index in [2.05, 4.69) is 41.5 Å². The highest BCUT2D eigenvalue weighted by molar-refractivity contribution is 7.19. The van der Waals surface area contributed by atoms with Crippen LogP contribution in [-0.4, -0.2) is 37.7 Å². The Labute approximate surface area is 158 Å². The van der Waals surface area contributed by atoms with Crippen LogP contribution in [-0.2, 0) is 12.8 Å². The number of hydrogen-bond donors (Lipinski definition) is 2. The van der Waals surface area contributed by atoms with E-state index in [0.717, 1.165) is 29.4 Å². The Bertz CT molecular complexity index is 904. The third-order valence-electron chi connectivity index (χ3n) is 5.19. The molecule has 0 saturated carbocycles. The zero-order chi connectivity index (χ0) is 18.1. The maximum atomic E-state index is 5.28. The molecule has 4 rings (SSSR count). The van der Waals surface area contributed by atoms with Gasteiger partial charge in [-0.2, -0.15) is 0 Å². The second-order valence-electron chi connectivity index (χ2n) is 7.04. The van der Waals surface area contributed by atoms with Crippen molar-refractivity contribution >= 4 is 27.4 Å². The van der Waals surface area contributed by atoms with Crippen molar-refractivity contribution in [2.24, 2.45) is 0 Å². The van der Waals surface area contributed by atoms with E-state index in [1.54, 1.807) is 13.4 Å². The number of methoxy groups -OCH3 is 1. The lowest BCUT2D eigenvalue weighted by molar-refractivity contribution is -0.890. The van der Waals surface area contributed by atoms with E-state index in [0.29, 0.717) is 6.04 Å². The number of quaternary nitrogens is 1. The van der Waals surface area contributed by atoms with Crippen molar-refractivity contribution in [1.82, 2.24) is 9.97 Å². The Morgan fingerprint density at radius 3 is 2.73 bits per heavy atom. The Balaban J connectivity index is 1.59. The summed E-state index contributed by atoms with van der Waals surface area (Å²) in [6.07, 6.45) is 5.27. The predicted octanol–water partition coefficient (Wildman–Crippen LogP) is 2.49. The van der Waals surface area contributed by atoms with E-state index in [9.17, 15) is 0 Å². The number of anilines is 1. The first-order valence-electron chi connectivity index (χ1n) is 9.10. The molecule has 2 N–H and O–H groups in total. The Hall–Kier alpha value is -2.18. The average molecular weight is 370 g/mol. The van der Waals surface area contributed by atoms with E-state index in [1.807, 2.05) is 23.5 Å². The number of hydrogen-bond acceptors (Lipinski definition) is 5. The molecule has 1 atom stereocenters. The van der Waals surface area contributed by atoms with Gasteiger partial charge in [0.05, 0.1) is 33.1 Å². The number of benzene rings is 1. The van der Waals surface area contributed by atoms with Gasteiger partial charge in [-0.05, 0) is 49.1 Å². The summed E-state index contributed by atoms with van der Waals surface area (Å²) in [6, 6.07) is 8.68. The summed E-state index contributed by atoms with van der Waals surface area (Å²) in [4.78, 5) is 13.0. The van der Waals surface area contributed by atoms with Crippen LogP contribution in [0.2, 0.25) is 0 Å². The second kappa shape index (κ2) is 7.21. The van der Waals surface area contributed by atoms with E-state index in [4.69, 9.17) is 4.74 Å². The Kier molecular flexibility index (Phi) is 4.78. The molecule has 2 aromatic heterocycles. The lowest BCUT2D eigenvalue weighted by atomic mass is 10.1. The largest absolute Gasteiger partial charge is 0.497 e. The molecule has 3 aromatic rings. The smallest absolute Gasteiger partial charge is 0.138 e. The van der Waals surface area contributed by atoms with Crippen LogP contribution >= 0.6 is 11.3 Å². The van der Waals surface area contributed by atoms with Gasteiger partial charge in [0.1, 0.15) is 28.8 Å². The lowest BCUT2D eigenvalue weighted by Gasteiger charge is -2.23. The second-order valence-corrected chi connectivity index (χ2v) is 8.13. The normalized spacial score (nSPS) is 14.6. The third-order valence-corrected chi connectivity index (χ3v) is 6.39. The molecule has 6 heteroatoms. The van der Waals surface area contributed by atoms with Gasteiger partial charge >= 0.3 is 0 Å². The minimum Gasteiger partial charge on any atom is -0.497 e. The number of rotatable bonds is 6. The van der Waals surface area contributed by atoms with Gasteiger partial charge in [0.15, 0.2) is 0 Å². The SMILES string of the molecule is COc1ccc([C@@H](CNc2ncnc3sc4c(c23)CCC4)[NH+](C)C)cc1. The maximum absolute atomic E-state index is 5.28. The van der Waals surface area contributed by atoms with Crippen LogP contribution in [0.15, 0.2) is 30.6 Å². The van der Waals surface area contributed by atoms with Crippen molar-refractivity contribution in [2.45, 2.75) is 25.3 Å². The summed E-state index contributed by atoms with van der Waals surface area (Å²) in [6.45, 7) is 0.825. The summed E-state index contributed by atoms with van der Waals surface area (Å²) in [5.41, 5.74) is 2.76. The summed E-state index contributed by atoms with van der Waals surface area (Å²) in [7, 11) is 6.08. The third kappa shape index (κ3) is 3.15. The molecule has 2 heterocycles. The molecule has 0 bridgehead atoms. The van der Waals surface area contributed by atoms with Gasteiger partial charge in [0.2, 0.25) is 0 Å². The van der Waals surface area contributed by atoms with Crippen LogP contribution in [0.3, 0.4) is 0 Å². The molecule has 0 saturated heterocycles. The van der Waals surface area contributed by atoms with E-state index in [-0.39, 0.29) is 0 Å². The Morgan fingerprint density at radius 1 is 1.19 bits per heavy atom. The number of thiophene rings is 1. The molecule has 5 nitrogen and oxygen atoms in total. The number of fused-ring (bicyclic) bond motifs is 3. The highest BCUT2D eigenvalue weighted by Gasteiger charge is 2.23. The van der Waals surface area contributed by atoms with Crippen molar-refractivity contribution < 1.29 is 9.64 Å². The fraction of sp³-hybridized carbons (Fsp3) is 0.400. The number of nitrogens with one attached hydrogen (secondary N) is 2. The summed E-state index contributed by atoms with van der Waals surface area (Å²) >= 11 is 1.83. The number of aromatic nitrogens is 2. The van der Waals surface area contributed by atoms with Crippen molar-refractivity contribution in [3.8, 4) is 5.75 Å². The monoisotopic (exact) mass is 369 g/mol. The van der Waals surface area contributed by atoms with Gasteiger partial charge in [-0.1, -0.05) is 0 Å². The molecular weight excluding hydrogens is 344 g/mol. The van der Waals surface area contributed by atoms with Crippen LogP contribution in [0.5, 0.6) is 5.75 Å². The van der Waals surface area contributed by atoms with E-state index >= 15 is 0 Å². The molecule has 0 spiro atoms. The van der Waals surface area contributed by atoms with Gasteiger partial charge in [-0.25, -0.2) is 9.97 Å². The number of nitrogens with zero attached hydrogens (tertiary/aromatic N) is 2. The van der Waals surface area contributed by atoms with E-state index < -0.39 is 0 Å². The molecule has 0 amide bonds. The minimum absolute atomic E-state index is 0.331. The molecular formula is C20H25N4OS+. The first kappa shape index (κ1) is 17.2. The lowest BCUT2D eigenvalue weighted by Crippen LogP contribution is -3.06. The highest BCUT2D eigenvalue weighted by Crippen LogP contribution is 2.39. The van der Waals surface area contributed by atoms with Crippen molar-refractivity contribution in [1.29, 1.82) is 0 Å². The van der Waals surface area contributed by atoms with Crippen molar-refractivity contribution in [3.05, 3.63) is 46.6 Å². The van der Waals surface area contributed by atoms with Gasteiger partial charge < -0.3 is 15.0 Å². The molecule has 136 valence electrons. The fourth-order valence-electron chi connectivity index (χ4n) is 3.75. The van der Waals surface area contributed by atoms with Crippen LogP contribution in [0.1, 0.15) is 28.5 Å². The fourth-order valence-corrected chi connectivity index (χ4v) is 4.98. The summed E-state index contributed by atoms with van der Waals surface area (Å²) in [5, 5.41) is 4.86. The molecule has 0 unspecified atom stereocenters. The first-order chi connectivity index (χ1) is 12.7.